The molecular weight excluding hydrogens is 350 g/mol. The Kier molecular flexibility index (Phi) is 6.02. The topological polar surface area (TPSA) is 49.2 Å². The van der Waals surface area contributed by atoms with Crippen molar-refractivity contribution in [2.75, 3.05) is 0 Å². The van der Waals surface area contributed by atoms with Gasteiger partial charge in [0.15, 0.2) is 0 Å². The van der Waals surface area contributed by atoms with Gasteiger partial charge in [-0.15, -0.1) is 5.10 Å². The van der Waals surface area contributed by atoms with E-state index in [1.165, 1.54) is 19.3 Å². The Labute approximate surface area is 166 Å². The Hall–Kier alpha value is -2.66. The minimum Gasteiger partial charge on any atom is -0.490 e. The van der Waals surface area contributed by atoms with Crippen LogP contribution in [0.2, 0.25) is 0 Å². The first-order valence-electron chi connectivity index (χ1n) is 10.1. The van der Waals surface area contributed by atoms with Crippen molar-refractivity contribution in [1.29, 1.82) is 0 Å². The molecule has 1 aliphatic rings. The van der Waals surface area contributed by atoms with E-state index in [1.807, 2.05) is 37.4 Å². The number of nitrogens with zero attached hydrogens (tertiary/aromatic N) is 3. The molecule has 0 saturated heterocycles. The number of aromatic nitrogens is 3. The van der Waals surface area contributed by atoms with Gasteiger partial charge in [0.2, 0.25) is 0 Å². The van der Waals surface area contributed by atoms with Gasteiger partial charge in [-0.3, -0.25) is 0 Å². The zero-order valence-electron chi connectivity index (χ0n) is 16.4. The normalized spacial score (nSPS) is 14.9. The van der Waals surface area contributed by atoms with E-state index in [9.17, 15) is 0 Å². The summed E-state index contributed by atoms with van der Waals surface area (Å²) in [6, 6.07) is 18.4. The van der Waals surface area contributed by atoms with E-state index in [-0.39, 0.29) is 0 Å². The van der Waals surface area contributed by atoms with Crippen LogP contribution in [-0.4, -0.2) is 21.1 Å². The minimum absolute atomic E-state index is 0.359. The molecule has 4 rings (SSSR count). The van der Waals surface area contributed by atoms with Crippen LogP contribution in [0, 0.1) is 0 Å². The van der Waals surface area contributed by atoms with Gasteiger partial charge in [-0.05, 0) is 55.5 Å². The summed E-state index contributed by atoms with van der Waals surface area (Å²) < 4.78 is 13.8. The summed E-state index contributed by atoms with van der Waals surface area (Å²) in [5, 5.41) is 8.54. The minimum atomic E-state index is 0.359. The van der Waals surface area contributed by atoms with Crippen molar-refractivity contribution in [3.8, 4) is 17.0 Å². The van der Waals surface area contributed by atoms with Crippen LogP contribution in [0.5, 0.6) is 5.75 Å². The smallest absolute Gasteiger partial charge is 0.119 e. The molecule has 146 valence electrons. The highest BCUT2D eigenvalue weighted by atomic mass is 16.5. The summed E-state index contributed by atoms with van der Waals surface area (Å²) >= 11 is 0. The van der Waals surface area contributed by atoms with Crippen molar-refractivity contribution in [2.24, 2.45) is 7.05 Å². The highest BCUT2D eigenvalue weighted by Gasteiger charge is 2.16. The standard InChI is InChI=1S/C23H27N3O2/c1-26-22(17-27-16-18-8-4-2-5-9-18)23(24-25-26)19-12-14-21(15-13-19)28-20-10-6-3-7-11-20/h2,4-5,8-9,12-15,20H,3,6-7,10-11,16-17H2,1H3. The quantitative estimate of drug-likeness (QED) is 0.587. The van der Waals surface area contributed by atoms with Crippen LogP contribution >= 0.6 is 0 Å². The third-order valence-electron chi connectivity index (χ3n) is 5.28. The Morgan fingerprint density at radius 2 is 1.68 bits per heavy atom. The van der Waals surface area contributed by atoms with E-state index < -0.39 is 0 Å². The van der Waals surface area contributed by atoms with Crippen molar-refractivity contribution in [3.63, 3.8) is 0 Å². The molecule has 0 unspecified atom stereocenters. The Morgan fingerprint density at radius 3 is 2.43 bits per heavy atom. The van der Waals surface area contributed by atoms with Gasteiger partial charge in [-0.25, -0.2) is 4.68 Å². The molecule has 0 radical (unpaired) electrons. The van der Waals surface area contributed by atoms with Crippen LogP contribution in [0.25, 0.3) is 11.3 Å². The third-order valence-corrected chi connectivity index (χ3v) is 5.28. The van der Waals surface area contributed by atoms with Crippen molar-refractivity contribution in [3.05, 3.63) is 65.9 Å². The maximum absolute atomic E-state index is 6.13. The maximum atomic E-state index is 6.13. The summed E-state index contributed by atoms with van der Waals surface area (Å²) in [5.41, 5.74) is 4.02. The van der Waals surface area contributed by atoms with Crippen LogP contribution in [0.3, 0.4) is 0 Å². The lowest BCUT2D eigenvalue weighted by molar-refractivity contribution is 0.102. The van der Waals surface area contributed by atoms with Gasteiger partial charge in [-0.2, -0.15) is 0 Å². The second-order valence-electron chi connectivity index (χ2n) is 7.39. The maximum Gasteiger partial charge on any atom is 0.119 e. The lowest BCUT2D eigenvalue weighted by atomic mass is 9.98. The predicted molar refractivity (Wildman–Crippen MR) is 109 cm³/mol. The fraction of sp³-hybridized carbons (Fsp3) is 0.391. The molecule has 1 fully saturated rings. The van der Waals surface area contributed by atoms with E-state index >= 15 is 0 Å². The van der Waals surface area contributed by atoms with Gasteiger partial charge in [0.1, 0.15) is 11.4 Å². The predicted octanol–water partition coefficient (Wildman–Crippen LogP) is 4.91. The molecular formula is C23H27N3O2. The summed E-state index contributed by atoms with van der Waals surface area (Å²) in [5.74, 6) is 0.932. The summed E-state index contributed by atoms with van der Waals surface area (Å²) in [7, 11) is 1.90. The van der Waals surface area contributed by atoms with Crippen molar-refractivity contribution >= 4 is 0 Å². The first-order valence-corrected chi connectivity index (χ1v) is 10.1. The zero-order valence-corrected chi connectivity index (χ0v) is 16.4. The zero-order chi connectivity index (χ0) is 19.2. The van der Waals surface area contributed by atoms with E-state index in [1.54, 1.807) is 4.68 Å². The monoisotopic (exact) mass is 377 g/mol. The number of aryl methyl sites for hydroxylation is 1. The van der Waals surface area contributed by atoms with Gasteiger partial charge in [0, 0.05) is 12.6 Å². The van der Waals surface area contributed by atoms with Gasteiger partial charge >= 0.3 is 0 Å². The first kappa shape index (κ1) is 18.7. The second kappa shape index (κ2) is 9.02. The Morgan fingerprint density at radius 1 is 0.929 bits per heavy atom. The lowest BCUT2D eigenvalue weighted by Gasteiger charge is -2.23. The lowest BCUT2D eigenvalue weighted by Crippen LogP contribution is -2.19. The van der Waals surface area contributed by atoms with E-state index in [4.69, 9.17) is 9.47 Å². The highest BCUT2D eigenvalue weighted by molar-refractivity contribution is 5.62. The molecule has 1 aliphatic carbocycles. The number of rotatable bonds is 7. The van der Waals surface area contributed by atoms with Crippen LogP contribution in [0.4, 0.5) is 0 Å². The molecule has 1 aromatic heterocycles. The molecule has 3 aromatic rings. The molecule has 28 heavy (non-hydrogen) atoms. The molecule has 0 aliphatic heterocycles. The number of hydrogen-bond acceptors (Lipinski definition) is 4. The van der Waals surface area contributed by atoms with E-state index in [0.717, 1.165) is 41.1 Å². The molecule has 5 nitrogen and oxygen atoms in total. The van der Waals surface area contributed by atoms with Gasteiger partial charge in [0.05, 0.1) is 25.0 Å². The molecule has 0 N–H and O–H groups in total. The van der Waals surface area contributed by atoms with Gasteiger partial charge in [0.25, 0.3) is 0 Å². The molecule has 0 atom stereocenters. The summed E-state index contributed by atoms with van der Waals surface area (Å²) in [6.45, 7) is 1.04. The molecule has 1 heterocycles. The molecule has 2 aromatic carbocycles. The Bertz CT molecular complexity index is 869. The number of ether oxygens (including phenoxy) is 2. The average Bonchev–Trinajstić information content (AvgIpc) is 3.11. The summed E-state index contributed by atoms with van der Waals surface area (Å²) in [4.78, 5) is 0. The van der Waals surface area contributed by atoms with Crippen molar-refractivity contribution in [1.82, 2.24) is 15.0 Å². The Balaban J connectivity index is 1.41. The largest absolute Gasteiger partial charge is 0.490 e. The fourth-order valence-electron chi connectivity index (χ4n) is 3.67. The van der Waals surface area contributed by atoms with Crippen LogP contribution in [-0.2, 0) is 25.0 Å². The van der Waals surface area contributed by atoms with Crippen LogP contribution in [0.1, 0.15) is 43.4 Å². The van der Waals surface area contributed by atoms with Crippen LogP contribution in [0.15, 0.2) is 54.6 Å². The SMILES string of the molecule is Cn1nnc(-c2ccc(OC3CCCCC3)cc2)c1COCc1ccccc1. The third kappa shape index (κ3) is 4.60. The van der Waals surface area contributed by atoms with Gasteiger partial charge < -0.3 is 9.47 Å². The summed E-state index contributed by atoms with van der Waals surface area (Å²) in [6.07, 6.45) is 6.56. The molecule has 0 amide bonds. The molecule has 0 spiro atoms. The second-order valence-corrected chi connectivity index (χ2v) is 7.39. The van der Waals surface area contributed by atoms with Crippen molar-refractivity contribution in [2.45, 2.75) is 51.4 Å². The van der Waals surface area contributed by atoms with Crippen molar-refractivity contribution < 1.29 is 9.47 Å². The van der Waals surface area contributed by atoms with Crippen LogP contribution < -0.4 is 4.74 Å². The number of benzene rings is 2. The molecule has 1 saturated carbocycles. The van der Waals surface area contributed by atoms with E-state index in [2.05, 4.69) is 34.6 Å². The fourth-order valence-corrected chi connectivity index (χ4v) is 3.67. The highest BCUT2D eigenvalue weighted by Crippen LogP contribution is 2.27. The molecule has 5 heteroatoms. The number of hydrogen-bond donors (Lipinski definition) is 0. The van der Waals surface area contributed by atoms with Gasteiger partial charge in [-0.1, -0.05) is 42.0 Å². The molecule has 0 bridgehead atoms. The first-order chi connectivity index (χ1) is 13.8. The average molecular weight is 377 g/mol. The van der Waals surface area contributed by atoms with E-state index in [0.29, 0.717) is 19.3 Å².